The molecule has 104 valence electrons. The van der Waals surface area contributed by atoms with Gasteiger partial charge >= 0.3 is 0 Å². The van der Waals surface area contributed by atoms with Gasteiger partial charge in [0.25, 0.3) is 0 Å². The Bertz CT molecular complexity index is 545. The van der Waals surface area contributed by atoms with Gasteiger partial charge in [-0.1, -0.05) is 36.4 Å². The van der Waals surface area contributed by atoms with Gasteiger partial charge in [0.2, 0.25) is 0 Å². The monoisotopic (exact) mass is 267 g/mol. The van der Waals surface area contributed by atoms with Crippen LogP contribution in [0.3, 0.4) is 0 Å². The number of hydrogen-bond acceptors (Lipinski definition) is 3. The smallest absolute Gasteiger partial charge is 0.0367 e. The first kappa shape index (κ1) is 13.0. The molecular formula is C17H21N3. The van der Waals surface area contributed by atoms with Crippen molar-refractivity contribution in [1.82, 2.24) is 4.90 Å². The van der Waals surface area contributed by atoms with Gasteiger partial charge in [-0.2, -0.15) is 0 Å². The first-order chi connectivity index (χ1) is 9.83. The summed E-state index contributed by atoms with van der Waals surface area (Å²) in [6.07, 6.45) is 0. The molecule has 0 spiro atoms. The van der Waals surface area contributed by atoms with Crippen molar-refractivity contribution in [2.45, 2.75) is 6.54 Å². The molecule has 1 fully saturated rings. The molecule has 0 aromatic heterocycles. The number of hydrogen-bond donors (Lipinski definition) is 1. The minimum atomic E-state index is 0.901. The summed E-state index contributed by atoms with van der Waals surface area (Å²) in [6.45, 7) is 5.29. The molecule has 1 saturated heterocycles. The third-order valence-corrected chi connectivity index (χ3v) is 3.94. The molecule has 0 aliphatic carbocycles. The number of para-hydroxylation sites is 2. The molecule has 3 rings (SSSR count). The normalized spacial score (nSPS) is 16.3. The third-order valence-electron chi connectivity index (χ3n) is 3.94. The molecule has 0 amide bonds. The zero-order valence-electron chi connectivity index (χ0n) is 11.7. The van der Waals surface area contributed by atoms with Gasteiger partial charge < -0.3 is 10.6 Å². The molecule has 2 N–H and O–H groups in total. The fourth-order valence-corrected chi connectivity index (χ4v) is 2.72. The van der Waals surface area contributed by atoms with Crippen molar-refractivity contribution < 1.29 is 0 Å². The van der Waals surface area contributed by atoms with Gasteiger partial charge in [0.1, 0.15) is 0 Å². The highest BCUT2D eigenvalue weighted by Gasteiger charge is 2.17. The number of piperazine rings is 1. The summed E-state index contributed by atoms with van der Waals surface area (Å²) >= 11 is 0. The van der Waals surface area contributed by atoms with E-state index in [2.05, 4.69) is 52.3 Å². The Hall–Kier alpha value is -2.00. The first-order valence-corrected chi connectivity index (χ1v) is 7.19. The second kappa shape index (κ2) is 5.97. The van der Waals surface area contributed by atoms with E-state index in [0.29, 0.717) is 0 Å². The van der Waals surface area contributed by atoms with Crippen LogP contribution in [-0.2, 0) is 6.54 Å². The minimum Gasteiger partial charge on any atom is -0.398 e. The summed E-state index contributed by atoms with van der Waals surface area (Å²) in [5, 5.41) is 0. The Balaban J connectivity index is 1.58. The van der Waals surface area contributed by atoms with Gasteiger partial charge in [0, 0.05) is 44.1 Å². The SMILES string of the molecule is Nc1ccccc1CN1CCN(c2ccccc2)CC1. The molecule has 0 unspecified atom stereocenters. The van der Waals surface area contributed by atoms with E-state index >= 15 is 0 Å². The summed E-state index contributed by atoms with van der Waals surface area (Å²) in [5.41, 5.74) is 9.48. The van der Waals surface area contributed by atoms with Crippen LogP contribution in [0.25, 0.3) is 0 Å². The van der Waals surface area contributed by atoms with Crippen LogP contribution in [0.5, 0.6) is 0 Å². The van der Waals surface area contributed by atoms with E-state index in [1.807, 2.05) is 12.1 Å². The summed E-state index contributed by atoms with van der Waals surface area (Å²) in [4.78, 5) is 4.93. The van der Waals surface area contributed by atoms with Crippen molar-refractivity contribution in [3.63, 3.8) is 0 Å². The van der Waals surface area contributed by atoms with Crippen molar-refractivity contribution in [2.75, 3.05) is 36.8 Å². The van der Waals surface area contributed by atoms with Crippen molar-refractivity contribution in [3.8, 4) is 0 Å². The lowest BCUT2D eigenvalue weighted by molar-refractivity contribution is 0.250. The highest BCUT2D eigenvalue weighted by molar-refractivity contribution is 5.47. The Labute approximate surface area is 120 Å². The average Bonchev–Trinajstić information content (AvgIpc) is 2.51. The van der Waals surface area contributed by atoms with E-state index < -0.39 is 0 Å². The van der Waals surface area contributed by atoms with Crippen molar-refractivity contribution in [1.29, 1.82) is 0 Å². The van der Waals surface area contributed by atoms with Crippen molar-refractivity contribution >= 4 is 11.4 Å². The molecule has 0 atom stereocenters. The number of anilines is 2. The lowest BCUT2D eigenvalue weighted by atomic mass is 10.1. The molecule has 0 saturated carbocycles. The Kier molecular flexibility index (Phi) is 3.88. The maximum Gasteiger partial charge on any atom is 0.0367 e. The molecule has 2 aromatic rings. The second-order valence-electron chi connectivity index (χ2n) is 5.30. The lowest BCUT2D eigenvalue weighted by Gasteiger charge is -2.36. The van der Waals surface area contributed by atoms with Gasteiger partial charge in [-0.05, 0) is 23.8 Å². The molecule has 0 radical (unpaired) electrons. The van der Waals surface area contributed by atoms with E-state index in [1.54, 1.807) is 0 Å². The Morgan fingerprint density at radius 3 is 2.15 bits per heavy atom. The predicted molar refractivity (Wildman–Crippen MR) is 84.8 cm³/mol. The zero-order chi connectivity index (χ0) is 13.8. The van der Waals surface area contributed by atoms with Crippen molar-refractivity contribution in [2.24, 2.45) is 0 Å². The number of benzene rings is 2. The number of nitrogens with two attached hydrogens (primary N) is 1. The molecule has 1 heterocycles. The molecule has 20 heavy (non-hydrogen) atoms. The van der Waals surface area contributed by atoms with Crippen LogP contribution in [-0.4, -0.2) is 31.1 Å². The third kappa shape index (κ3) is 2.94. The molecule has 1 aliphatic heterocycles. The summed E-state index contributed by atoms with van der Waals surface area (Å²) in [6, 6.07) is 18.8. The minimum absolute atomic E-state index is 0.901. The maximum absolute atomic E-state index is 6.02. The first-order valence-electron chi connectivity index (χ1n) is 7.19. The van der Waals surface area contributed by atoms with Gasteiger partial charge in [0.15, 0.2) is 0 Å². The van der Waals surface area contributed by atoms with Crippen LogP contribution < -0.4 is 10.6 Å². The van der Waals surface area contributed by atoms with Crippen LogP contribution in [0, 0.1) is 0 Å². The lowest BCUT2D eigenvalue weighted by Crippen LogP contribution is -2.46. The molecule has 3 nitrogen and oxygen atoms in total. The highest BCUT2D eigenvalue weighted by atomic mass is 15.3. The van der Waals surface area contributed by atoms with E-state index in [0.717, 1.165) is 38.4 Å². The van der Waals surface area contributed by atoms with Crippen molar-refractivity contribution in [3.05, 3.63) is 60.2 Å². The molecule has 3 heteroatoms. The highest BCUT2D eigenvalue weighted by Crippen LogP contribution is 2.18. The Morgan fingerprint density at radius 1 is 0.800 bits per heavy atom. The van der Waals surface area contributed by atoms with Gasteiger partial charge in [-0.15, -0.1) is 0 Å². The Morgan fingerprint density at radius 2 is 1.45 bits per heavy atom. The van der Waals surface area contributed by atoms with Crippen LogP contribution in [0.1, 0.15) is 5.56 Å². The zero-order valence-corrected chi connectivity index (χ0v) is 11.7. The van der Waals surface area contributed by atoms with E-state index in [4.69, 9.17) is 5.73 Å². The second-order valence-corrected chi connectivity index (χ2v) is 5.30. The summed E-state index contributed by atoms with van der Waals surface area (Å²) < 4.78 is 0. The van der Waals surface area contributed by atoms with E-state index in [9.17, 15) is 0 Å². The molecular weight excluding hydrogens is 246 g/mol. The molecule has 0 bridgehead atoms. The number of nitrogens with zero attached hydrogens (tertiary/aromatic N) is 2. The maximum atomic E-state index is 6.02. The van der Waals surface area contributed by atoms with Gasteiger partial charge in [-0.3, -0.25) is 4.90 Å². The van der Waals surface area contributed by atoms with Gasteiger partial charge in [-0.25, -0.2) is 0 Å². The van der Waals surface area contributed by atoms with Crippen LogP contribution in [0.2, 0.25) is 0 Å². The van der Waals surface area contributed by atoms with Crippen LogP contribution >= 0.6 is 0 Å². The standard InChI is InChI=1S/C17H21N3/c18-17-9-5-4-6-15(17)14-19-10-12-20(13-11-19)16-7-2-1-3-8-16/h1-9H,10-14,18H2. The topological polar surface area (TPSA) is 32.5 Å². The van der Waals surface area contributed by atoms with E-state index in [-0.39, 0.29) is 0 Å². The molecule has 1 aliphatic rings. The van der Waals surface area contributed by atoms with Crippen LogP contribution in [0.15, 0.2) is 54.6 Å². The average molecular weight is 267 g/mol. The number of nitrogen functional groups attached to an aromatic ring is 1. The van der Waals surface area contributed by atoms with Gasteiger partial charge in [0.05, 0.1) is 0 Å². The fraction of sp³-hybridized carbons (Fsp3) is 0.294. The summed E-state index contributed by atoms with van der Waals surface area (Å²) in [7, 11) is 0. The van der Waals surface area contributed by atoms with Crippen LogP contribution in [0.4, 0.5) is 11.4 Å². The quantitative estimate of drug-likeness (QED) is 0.868. The van der Waals surface area contributed by atoms with E-state index in [1.165, 1.54) is 11.3 Å². The fourth-order valence-electron chi connectivity index (χ4n) is 2.72. The summed E-state index contributed by atoms with van der Waals surface area (Å²) in [5.74, 6) is 0. The number of rotatable bonds is 3. The predicted octanol–water partition coefficient (Wildman–Crippen LogP) is 2.59. The molecule has 2 aromatic carbocycles. The largest absolute Gasteiger partial charge is 0.398 e.